The van der Waals surface area contributed by atoms with Crippen molar-refractivity contribution >= 4 is 17.7 Å². The van der Waals surface area contributed by atoms with Crippen molar-refractivity contribution in [3.63, 3.8) is 0 Å². The van der Waals surface area contributed by atoms with Gasteiger partial charge in [-0.05, 0) is 59.6 Å². The minimum atomic E-state index is -4.19. The van der Waals surface area contributed by atoms with Crippen molar-refractivity contribution < 1.29 is 40.7 Å². The number of carbonyl (C=O) groups excluding carboxylic acids is 2. The highest BCUT2D eigenvalue weighted by Crippen LogP contribution is 2.35. The number of hydrogen-bond acceptors (Lipinski definition) is 5. The molecule has 1 unspecified atom stereocenters. The van der Waals surface area contributed by atoms with Gasteiger partial charge in [0.05, 0.1) is 29.9 Å². The molecule has 0 aliphatic carbocycles. The van der Waals surface area contributed by atoms with Gasteiger partial charge in [0.25, 0.3) is 0 Å². The average molecular weight is 609 g/mol. The van der Waals surface area contributed by atoms with Crippen LogP contribution in [0.25, 0.3) is 0 Å². The fourth-order valence-corrected chi connectivity index (χ4v) is 3.07. The number of hydrogen-bond donors (Lipinski definition) is 0. The predicted molar refractivity (Wildman–Crippen MR) is 151 cm³/mol. The monoisotopic (exact) mass is 608 g/mol. The molecule has 2 heterocycles. The van der Waals surface area contributed by atoms with Gasteiger partial charge in [-0.2, -0.15) is 31.6 Å². The van der Waals surface area contributed by atoms with Gasteiger partial charge < -0.3 is 9.64 Å². The summed E-state index contributed by atoms with van der Waals surface area (Å²) >= 11 is 0. The Morgan fingerprint density at radius 1 is 1.17 bits per heavy atom. The number of rotatable bonds is 3. The van der Waals surface area contributed by atoms with E-state index in [2.05, 4.69) is 11.6 Å². The summed E-state index contributed by atoms with van der Waals surface area (Å²) in [4.78, 5) is 31.8. The molecule has 0 N–H and O–H groups in total. The molecule has 2 rings (SSSR count). The predicted octanol–water partition coefficient (Wildman–Crippen LogP) is 8.67. The second-order valence-corrected chi connectivity index (χ2v) is 9.46. The Labute approximate surface area is 244 Å². The zero-order chi connectivity index (χ0) is 33.4. The van der Waals surface area contributed by atoms with Crippen molar-refractivity contribution in [1.29, 1.82) is 5.26 Å². The first kappa shape index (κ1) is 40.6. The lowest BCUT2D eigenvalue weighted by Crippen LogP contribution is -2.34. The molecular formula is C29H42F6N4O3. The highest BCUT2D eigenvalue weighted by Gasteiger charge is 2.32. The van der Waals surface area contributed by atoms with E-state index in [0.29, 0.717) is 36.3 Å². The Balaban J connectivity index is 0. The van der Waals surface area contributed by atoms with Crippen LogP contribution in [0.3, 0.4) is 0 Å². The van der Waals surface area contributed by atoms with Crippen molar-refractivity contribution in [3.05, 3.63) is 47.3 Å². The van der Waals surface area contributed by atoms with Crippen LogP contribution in [0, 0.1) is 11.3 Å². The number of nitrogens with zero attached hydrogens (tertiary/aromatic N) is 4. The SMILES string of the molecule is C=C(C)C(F)(F)F.CC.CC(=O)N(C)C1CCCN(C(=O)OC(C)C)c2ccc(C#N)nc21.CC(C)=CCC(F)(F)F. The molecule has 0 fully saturated rings. The first-order valence-corrected chi connectivity index (χ1v) is 13.3. The van der Waals surface area contributed by atoms with Crippen LogP contribution in [0.1, 0.15) is 92.1 Å². The standard InChI is InChI=1S/C17H22N4O3.C6H9F3.C4H5F3.C2H6/c1-11(2)24-17(23)21-9-5-6-14(20(4)12(3)22)16-15(21)8-7-13(10-18)19-16;1-5(2)3-4-6(7,8)9;1-3(2)4(5,6)7;1-2/h7-8,11,14H,5-6,9H2,1-4H3;3H,4H2,1-2H3;1H2,2H3;1-2H3. The Hall–Kier alpha value is -3.56. The summed E-state index contributed by atoms with van der Waals surface area (Å²) in [6.45, 7) is 16.5. The van der Waals surface area contributed by atoms with Gasteiger partial charge in [0.15, 0.2) is 0 Å². The second kappa shape index (κ2) is 18.8. The van der Waals surface area contributed by atoms with E-state index >= 15 is 0 Å². The highest BCUT2D eigenvalue weighted by molar-refractivity contribution is 5.89. The van der Waals surface area contributed by atoms with Crippen molar-refractivity contribution in [2.75, 3.05) is 18.5 Å². The topological polar surface area (TPSA) is 86.5 Å². The lowest BCUT2D eigenvalue weighted by molar-refractivity contribution is -0.130. The number of halogens is 6. The van der Waals surface area contributed by atoms with Gasteiger partial charge in [-0.15, -0.1) is 0 Å². The summed E-state index contributed by atoms with van der Waals surface area (Å²) < 4.78 is 72.7. The van der Waals surface area contributed by atoms with Gasteiger partial charge in [-0.25, -0.2) is 9.78 Å². The summed E-state index contributed by atoms with van der Waals surface area (Å²) in [5.74, 6) is -0.0895. The van der Waals surface area contributed by atoms with E-state index in [1.165, 1.54) is 17.9 Å². The van der Waals surface area contributed by atoms with E-state index in [1.54, 1.807) is 51.8 Å². The summed E-state index contributed by atoms with van der Waals surface area (Å²) in [6, 6.07) is 5.02. The molecule has 238 valence electrons. The maximum absolute atomic E-state index is 12.4. The van der Waals surface area contributed by atoms with E-state index in [1.807, 2.05) is 19.9 Å². The first-order valence-electron chi connectivity index (χ1n) is 13.3. The molecule has 2 amide bonds. The van der Waals surface area contributed by atoms with Gasteiger partial charge in [-0.3, -0.25) is 9.69 Å². The molecule has 1 aliphatic rings. The molecule has 0 aromatic carbocycles. The third-order valence-corrected chi connectivity index (χ3v) is 5.23. The number of aromatic nitrogens is 1. The number of pyridine rings is 1. The van der Waals surface area contributed by atoms with Crippen LogP contribution in [0.4, 0.5) is 36.8 Å². The maximum Gasteiger partial charge on any atom is 0.414 e. The summed E-state index contributed by atoms with van der Waals surface area (Å²) in [5.41, 5.74) is 1.36. The smallest absolute Gasteiger partial charge is 0.414 e. The third-order valence-electron chi connectivity index (χ3n) is 5.23. The quantitative estimate of drug-likeness (QED) is 0.253. The van der Waals surface area contributed by atoms with Crippen molar-refractivity contribution in [3.8, 4) is 6.07 Å². The van der Waals surface area contributed by atoms with E-state index in [4.69, 9.17) is 10.00 Å². The van der Waals surface area contributed by atoms with Crippen LogP contribution < -0.4 is 4.90 Å². The fourth-order valence-electron chi connectivity index (χ4n) is 3.07. The van der Waals surface area contributed by atoms with Crippen LogP contribution in [-0.2, 0) is 9.53 Å². The van der Waals surface area contributed by atoms with Crippen LogP contribution in [0.2, 0.25) is 0 Å². The van der Waals surface area contributed by atoms with Gasteiger partial charge >= 0.3 is 18.4 Å². The molecule has 13 heteroatoms. The summed E-state index contributed by atoms with van der Waals surface area (Å²) in [5, 5.41) is 9.14. The minimum Gasteiger partial charge on any atom is -0.446 e. The normalized spacial score (nSPS) is 14.1. The number of carbonyl (C=O) groups is 2. The molecule has 0 bridgehead atoms. The molecule has 0 saturated heterocycles. The molecule has 1 aliphatic heterocycles. The van der Waals surface area contributed by atoms with Crippen molar-refractivity contribution in [2.45, 2.75) is 99.2 Å². The molecule has 1 atom stereocenters. The van der Waals surface area contributed by atoms with Gasteiger partial charge in [-0.1, -0.05) is 32.1 Å². The fraction of sp³-hybridized carbons (Fsp3) is 0.586. The zero-order valence-corrected chi connectivity index (χ0v) is 25.7. The number of amides is 2. The number of allylic oxidation sites excluding steroid dienone is 3. The molecule has 7 nitrogen and oxygen atoms in total. The van der Waals surface area contributed by atoms with Crippen molar-refractivity contribution in [1.82, 2.24) is 9.88 Å². The lowest BCUT2D eigenvalue weighted by Gasteiger charge is -2.28. The largest absolute Gasteiger partial charge is 0.446 e. The Morgan fingerprint density at radius 3 is 2.05 bits per heavy atom. The third kappa shape index (κ3) is 16.0. The van der Waals surface area contributed by atoms with Gasteiger partial charge in [0.1, 0.15) is 11.8 Å². The highest BCUT2D eigenvalue weighted by atomic mass is 19.4. The molecule has 42 heavy (non-hydrogen) atoms. The average Bonchev–Trinajstić information content (AvgIpc) is 3.06. The Morgan fingerprint density at radius 2 is 1.69 bits per heavy atom. The molecule has 0 radical (unpaired) electrons. The number of nitriles is 1. The summed E-state index contributed by atoms with van der Waals surface area (Å²) in [7, 11) is 1.71. The van der Waals surface area contributed by atoms with E-state index in [-0.39, 0.29) is 23.7 Å². The first-order chi connectivity index (χ1) is 19.2. The maximum atomic E-state index is 12.4. The van der Waals surface area contributed by atoms with E-state index in [0.717, 1.165) is 6.92 Å². The van der Waals surface area contributed by atoms with Gasteiger partial charge in [0, 0.05) is 26.1 Å². The minimum absolute atomic E-state index is 0.0895. The number of ether oxygens (including phenoxy) is 1. The van der Waals surface area contributed by atoms with Gasteiger partial charge in [0.2, 0.25) is 5.91 Å². The number of alkyl halides is 6. The molecule has 1 aromatic rings. The molecule has 1 aromatic heterocycles. The lowest BCUT2D eigenvalue weighted by atomic mass is 10.1. The van der Waals surface area contributed by atoms with Crippen molar-refractivity contribution in [2.24, 2.45) is 0 Å². The second-order valence-electron chi connectivity index (χ2n) is 9.46. The Kier molecular flexibility index (Phi) is 18.2. The van der Waals surface area contributed by atoms with Crippen LogP contribution in [0.15, 0.2) is 35.9 Å². The summed E-state index contributed by atoms with van der Waals surface area (Å²) in [6.07, 6.45) is -7.19. The molecular weight excluding hydrogens is 566 g/mol. The number of anilines is 1. The molecule has 0 spiro atoms. The van der Waals surface area contributed by atoms with E-state index < -0.39 is 30.4 Å². The zero-order valence-electron chi connectivity index (χ0n) is 25.7. The number of fused-ring (bicyclic) bond motifs is 1. The molecule has 0 saturated carbocycles. The van der Waals surface area contributed by atoms with E-state index in [9.17, 15) is 35.9 Å². The Bertz CT molecular complexity index is 1090. The van der Waals surface area contributed by atoms with Crippen LogP contribution >= 0.6 is 0 Å². The van der Waals surface area contributed by atoms with Crippen LogP contribution in [0.5, 0.6) is 0 Å². The van der Waals surface area contributed by atoms with Crippen LogP contribution in [-0.4, -0.2) is 53.9 Å².